The summed E-state index contributed by atoms with van der Waals surface area (Å²) in [6.07, 6.45) is 3.86. The molecule has 4 aromatic heterocycles. The fourth-order valence-electron chi connectivity index (χ4n) is 7.74. The standard InChI is InChI=1S/C44H49N13O8/c1-6-56-32(18-25(3)51-56)40(60)49-42-47-30-20-28(38(45)58)22-34(64-5)36(30)54(42)14-9-10-15-55-37-31(48-43(55)50-41(61)33-19-26(4)52-57(33)7-2)21-29(39(46)59)23-35(37)65-17-11-8-12-27-13-16-53(24-27)44(62)63/h9-10,18-23,27H,6-7,12-17,24H2,1-5H3,(H2,45,58)(H2,46,59)(H,62,63)(H,47,49,60)(H,48,50,61). The van der Waals surface area contributed by atoms with Crippen molar-refractivity contribution in [3.8, 4) is 23.3 Å². The lowest BCUT2D eigenvalue weighted by molar-refractivity contribution is 0.0991. The summed E-state index contributed by atoms with van der Waals surface area (Å²) in [4.78, 5) is 74.4. The van der Waals surface area contributed by atoms with E-state index in [1.807, 2.05) is 26.0 Å². The maximum Gasteiger partial charge on any atom is 0.407 e. The average molecular weight is 888 g/mol. The van der Waals surface area contributed by atoms with Crippen molar-refractivity contribution in [3.63, 3.8) is 0 Å². The molecule has 1 fully saturated rings. The first-order chi connectivity index (χ1) is 31.2. The van der Waals surface area contributed by atoms with Gasteiger partial charge < -0.3 is 40.1 Å². The minimum absolute atomic E-state index is 0.0789. The van der Waals surface area contributed by atoms with Crippen LogP contribution in [0, 0.1) is 31.6 Å². The normalized spacial score (nSPS) is 13.6. The number of fused-ring (bicyclic) bond motifs is 2. The van der Waals surface area contributed by atoms with Crippen LogP contribution in [0.2, 0.25) is 0 Å². The number of anilines is 2. The number of methoxy groups -OCH3 is 1. The second-order valence-electron chi connectivity index (χ2n) is 15.3. The Morgan fingerprint density at radius 1 is 0.785 bits per heavy atom. The van der Waals surface area contributed by atoms with Gasteiger partial charge in [0, 0.05) is 56.8 Å². The number of rotatable bonds is 16. The Kier molecular flexibility index (Phi) is 13.2. The minimum Gasteiger partial charge on any atom is -0.494 e. The summed E-state index contributed by atoms with van der Waals surface area (Å²) >= 11 is 0. The number of benzene rings is 2. The van der Waals surface area contributed by atoms with Gasteiger partial charge in [0.1, 0.15) is 40.5 Å². The average Bonchev–Trinajstić information content (AvgIpc) is 4.11. The number of primary amides is 2. The lowest BCUT2D eigenvalue weighted by atomic mass is 10.1. The number of carbonyl (C=O) groups is 5. The number of nitrogens with zero attached hydrogens (tertiary/aromatic N) is 9. The zero-order valence-electron chi connectivity index (χ0n) is 36.5. The molecule has 0 spiro atoms. The number of imidazole rings is 2. The highest BCUT2D eigenvalue weighted by Crippen LogP contribution is 2.33. The molecule has 2 aromatic carbocycles. The zero-order chi connectivity index (χ0) is 46.5. The second-order valence-corrected chi connectivity index (χ2v) is 15.3. The summed E-state index contributed by atoms with van der Waals surface area (Å²) in [7, 11) is 1.45. The van der Waals surface area contributed by atoms with Crippen LogP contribution in [-0.2, 0) is 26.2 Å². The third kappa shape index (κ3) is 9.61. The second kappa shape index (κ2) is 19.1. The van der Waals surface area contributed by atoms with Crippen molar-refractivity contribution in [1.82, 2.24) is 43.6 Å². The van der Waals surface area contributed by atoms with E-state index in [0.29, 0.717) is 89.6 Å². The molecule has 1 unspecified atom stereocenters. The molecule has 7 N–H and O–H groups in total. The molecule has 1 saturated heterocycles. The quantitative estimate of drug-likeness (QED) is 0.0677. The van der Waals surface area contributed by atoms with Gasteiger partial charge in [-0.1, -0.05) is 24.0 Å². The number of hydrogen-bond acceptors (Lipinski definition) is 11. The molecular weight excluding hydrogens is 839 g/mol. The summed E-state index contributed by atoms with van der Waals surface area (Å²) in [5, 5.41) is 23.9. The lowest BCUT2D eigenvalue weighted by Gasteiger charge is -2.13. The van der Waals surface area contributed by atoms with Gasteiger partial charge in [-0.25, -0.2) is 14.8 Å². The molecule has 1 aliphatic heterocycles. The molecule has 6 aromatic rings. The summed E-state index contributed by atoms with van der Waals surface area (Å²) < 4.78 is 18.5. The predicted octanol–water partition coefficient (Wildman–Crippen LogP) is 4.18. The third-order valence-electron chi connectivity index (χ3n) is 10.8. The fourth-order valence-corrected chi connectivity index (χ4v) is 7.74. The Bertz CT molecular complexity index is 2950. The van der Waals surface area contributed by atoms with Gasteiger partial charge in [-0.3, -0.25) is 39.2 Å². The van der Waals surface area contributed by atoms with Gasteiger partial charge in [0.15, 0.2) is 0 Å². The molecule has 65 heavy (non-hydrogen) atoms. The van der Waals surface area contributed by atoms with Crippen LogP contribution in [0.25, 0.3) is 22.1 Å². The van der Waals surface area contributed by atoms with Gasteiger partial charge >= 0.3 is 6.09 Å². The molecule has 1 atom stereocenters. The molecule has 7 rings (SSSR count). The van der Waals surface area contributed by atoms with Crippen LogP contribution >= 0.6 is 0 Å². The Morgan fingerprint density at radius 3 is 1.75 bits per heavy atom. The highest BCUT2D eigenvalue weighted by Gasteiger charge is 2.26. The topological polar surface area (TPSA) is 275 Å². The van der Waals surface area contributed by atoms with Crippen LogP contribution in [0.1, 0.15) is 79.8 Å². The number of carbonyl (C=O) groups excluding carboxylic acids is 4. The van der Waals surface area contributed by atoms with Crippen molar-refractivity contribution in [2.45, 2.75) is 66.7 Å². The summed E-state index contributed by atoms with van der Waals surface area (Å²) in [6.45, 7) is 9.24. The van der Waals surface area contributed by atoms with E-state index in [-0.39, 0.29) is 54.4 Å². The van der Waals surface area contributed by atoms with E-state index >= 15 is 0 Å². The van der Waals surface area contributed by atoms with Crippen molar-refractivity contribution in [2.75, 3.05) is 37.4 Å². The molecule has 5 amide bonds. The highest BCUT2D eigenvalue weighted by atomic mass is 16.5. The van der Waals surface area contributed by atoms with Crippen LogP contribution in [0.5, 0.6) is 11.5 Å². The molecule has 21 heteroatoms. The van der Waals surface area contributed by atoms with E-state index < -0.39 is 29.7 Å². The molecule has 338 valence electrons. The third-order valence-corrected chi connectivity index (χ3v) is 10.8. The smallest absolute Gasteiger partial charge is 0.407 e. The van der Waals surface area contributed by atoms with Crippen LogP contribution in [0.4, 0.5) is 16.7 Å². The van der Waals surface area contributed by atoms with Gasteiger partial charge in [0.05, 0.1) is 29.5 Å². The number of allylic oxidation sites excluding steroid dienone is 2. The predicted molar refractivity (Wildman–Crippen MR) is 239 cm³/mol. The molecule has 0 radical (unpaired) electrons. The van der Waals surface area contributed by atoms with Crippen molar-refractivity contribution in [2.24, 2.45) is 17.4 Å². The molecule has 1 aliphatic rings. The molecule has 0 saturated carbocycles. The number of nitrogens with one attached hydrogen (secondary N) is 2. The van der Waals surface area contributed by atoms with Gasteiger partial charge in [-0.15, -0.1) is 0 Å². The van der Waals surface area contributed by atoms with Crippen molar-refractivity contribution >= 4 is 63.7 Å². The van der Waals surface area contributed by atoms with E-state index in [0.717, 1.165) is 0 Å². The molecule has 5 heterocycles. The summed E-state index contributed by atoms with van der Waals surface area (Å²) in [5.74, 6) is 4.64. The Labute approximate surface area is 372 Å². The van der Waals surface area contributed by atoms with E-state index in [2.05, 4.69) is 37.7 Å². The number of nitrogens with two attached hydrogens (primary N) is 2. The fraction of sp³-hybridized carbons (Fsp3) is 0.341. The maximum atomic E-state index is 13.8. The first-order valence-corrected chi connectivity index (χ1v) is 20.8. The Hall–Kier alpha value is -8.15. The van der Waals surface area contributed by atoms with Crippen LogP contribution < -0.4 is 31.6 Å². The first kappa shape index (κ1) is 44.9. The zero-order valence-corrected chi connectivity index (χ0v) is 36.5. The monoisotopic (exact) mass is 887 g/mol. The van der Waals surface area contributed by atoms with Crippen LogP contribution in [0.3, 0.4) is 0 Å². The number of ether oxygens (including phenoxy) is 2. The molecular formula is C44H49N13O8. The van der Waals surface area contributed by atoms with Crippen LogP contribution in [-0.4, -0.2) is 105 Å². The Balaban J connectivity index is 1.24. The lowest BCUT2D eigenvalue weighted by Crippen LogP contribution is -2.26. The number of amides is 5. The first-order valence-electron chi connectivity index (χ1n) is 20.8. The molecule has 0 aliphatic carbocycles. The van der Waals surface area contributed by atoms with Crippen molar-refractivity contribution < 1.29 is 38.6 Å². The highest BCUT2D eigenvalue weighted by molar-refractivity contribution is 6.05. The largest absolute Gasteiger partial charge is 0.494 e. The van der Waals surface area contributed by atoms with Crippen LogP contribution in [0.15, 0.2) is 48.6 Å². The summed E-state index contributed by atoms with van der Waals surface area (Å²) in [6, 6.07) is 9.35. The van der Waals surface area contributed by atoms with E-state index in [9.17, 15) is 29.1 Å². The number of carboxylic acid groups (broad SMARTS) is 1. The van der Waals surface area contributed by atoms with Crippen molar-refractivity contribution in [1.29, 1.82) is 0 Å². The van der Waals surface area contributed by atoms with Gasteiger partial charge in [0.25, 0.3) is 11.8 Å². The van der Waals surface area contributed by atoms with E-state index in [1.54, 1.807) is 44.5 Å². The van der Waals surface area contributed by atoms with Crippen molar-refractivity contribution in [3.05, 3.63) is 82.5 Å². The number of hydrogen-bond donors (Lipinski definition) is 5. The molecule has 0 bridgehead atoms. The number of aryl methyl sites for hydroxylation is 4. The SMILES string of the molecule is CCn1nc(C)cc1C(=O)Nc1nc2cc(C(N)=O)cc(OC)c2n1CC=CCn1c(NC(=O)c2cc(C)nn2CC)nc2cc(C(N)=O)cc(OCC#CCC3CCN(C(=O)O)C3)c21. The Morgan fingerprint density at radius 2 is 1.29 bits per heavy atom. The minimum atomic E-state index is -0.952. The van der Waals surface area contributed by atoms with Gasteiger partial charge in [-0.05, 0) is 76.4 Å². The van der Waals surface area contributed by atoms with Gasteiger partial charge in [-0.2, -0.15) is 10.2 Å². The number of aromatic nitrogens is 8. The molecule has 21 nitrogen and oxygen atoms in total. The van der Waals surface area contributed by atoms with E-state index in [1.165, 1.54) is 36.3 Å². The van der Waals surface area contributed by atoms with Gasteiger partial charge in [0.2, 0.25) is 23.7 Å². The van der Waals surface area contributed by atoms with E-state index in [4.69, 9.17) is 25.9 Å². The summed E-state index contributed by atoms with van der Waals surface area (Å²) in [5.41, 5.74) is 15.2. The number of likely N-dealkylation sites (tertiary alicyclic amines) is 1. The maximum absolute atomic E-state index is 13.8.